The lowest BCUT2D eigenvalue weighted by Crippen LogP contribution is -2.41. The Balaban J connectivity index is 1.93. The van der Waals surface area contributed by atoms with Gasteiger partial charge >= 0.3 is 26.4 Å². The van der Waals surface area contributed by atoms with E-state index in [4.69, 9.17) is 18.6 Å². The van der Waals surface area contributed by atoms with E-state index in [9.17, 15) is 31.5 Å². The predicted molar refractivity (Wildman–Crippen MR) is 146 cm³/mol. The molecule has 222 valence electrons. The van der Waals surface area contributed by atoms with Crippen molar-refractivity contribution in [1.82, 2.24) is 0 Å². The van der Waals surface area contributed by atoms with Gasteiger partial charge in [-0.1, -0.05) is 11.6 Å². The molecule has 4 rings (SSSR count). The van der Waals surface area contributed by atoms with Crippen molar-refractivity contribution in [2.45, 2.75) is 101 Å². The molecule has 0 saturated carbocycles. The lowest BCUT2D eigenvalue weighted by atomic mass is 9.77. The van der Waals surface area contributed by atoms with Crippen LogP contribution in [0.15, 0.2) is 40.1 Å². The summed E-state index contributed by atoms with van der Waals surface area (Å²) in [4.78, 5) is 10.8. The first-order valence-electron chi connectivity index (χ1n) is 13.0. The second kappa shape index (κ2) is 9.57. The summed E-state index contributed by atoms with van der Waals surface area (Å²) in [6.07, 6.45) is -5.20. The maximum absolute atomic E-state index is 14.3. The Kier molecular flexibility index (Phi) is 7.36. The number of carboxylic acid groups (broad SMARTS) is 1. The van der Waals surface area contributed by atoms with Crippen molar-refractivity contribution < 1.29 is 50.1 Å². The van der Waals surface area contributed by atoms with Crippen LogP contribution in [0.4, 0.5) is 13.2 Å². The average molecular weight is 596 g/mol. The minimum absolute atomic E-state index is 0.279. The first-order valence-corrected chi connectivity index (χ1v) is 14.4. The molecule has 2 heterocycles. The Labute approximate surface area is 238 Å². The van der Waals surface area contributed by atoms with E-state index in [-0.39, 0.29) is 5.46 Å². The van der Waals surface area contributed by atoms with E-state index in [2.05, 4.69) is 0 Å². The number of aromatic carboxylic acids is 1. The fourth-order valence-corrected chi connectivity index (χ4v) is 6.23. The van der Waals surface area contributed by atoms with Crippen molar-refractivity contribution in [3.05, 3.63) is 47.0 Å². The number of sulfone groups is 1. The van der Waals surface area contributed by atoms with Crippen LogP contribution in [0.1, 0.15) is 76.9 Å². The Morgan fingerprint density at radius 1 is 0.756 bits per heavy atom. The van der Waals surface area contributed by atoms with Crippen LogP contribution in [0.3, 0.4) is 0 Å². The topological polar surface area (TPSA) is 108 Å². The van der Waals surface area contributed by atoms with Gasteiger partial charge < -0.3 is 23.7 Å². The third kappa shape index (κ3) is 5.45. The fraction of sp³-hybridized carbons (Fsp3) is 0.519. The molecule has 0 aromatic heterocycles. The summed E-state index contributed by atoms with van der Waals surface area (Å²) in [7, 11) is -7.18. The van der Waals surface area contributed by atoms with Crippen LogP contribution in [0, 0.1) is 6.92 Å². The minimum atomic E-state index is -5.20. The molecule has 2 fully saturated rings. The van der Waals surface area contributed by atoms with Gasteiger partial charge in [-0.3, -0.25) is 0 Å². The molecule has 0 aliphatic carbocycles. The van der Waals surface area contributed by atoms with Crippen LogP contribution in [0.2, 0.25) is 0 Å². The monoisotopic (exact) mass is 596 g/mol. The van der Waals surface area contributed by atoms with Gasteiger partial charge in [-0.05, 0) is 97.5 Å². The van der Waals surface area contributed by atoms with Crippen molar-refractivity contribution in [3.8, 4) is 0 Å². The fourth-order valence-electron chi connectivity index (χ4n) is 4.58. The summed E-state index contributed by atoms with van der Waals surface area (Å²) in [5.74, 6) is -2.05. The van der Waals surface area contributed by atoms with E-state index in [1.165, 1.54) is 12.1 Å². The van der Waals surface area contributed by atoms with E-state index in [1.54, 1.807) is 40.7 Å². The molecule has 2 aliphatic rings. The van der Waals surface area contributed by atoms with Crippen molar-refractivity contribution in [1.29, 1.82) is 0 Å². The number of halogens is 3. The largest absolute Gasteiger partial charge is 0.494 e. The highest BCUT2D eigenvalue weighted by Crippen LogP contribution is 2.40. The van der Waals surface area contributed by atoms with E-state index in [0.29, 0.717) is 17.1 Å². The van der Waals surface area contributed by atoms with Gasteiger partial charge in [0.1, 0.15) is 0 Å². The molecule has 0 unspecified atom stereocenters. The van der Waals surface area contributed by atoms with Crippen LogP contribution in [-0.2, 0) is 34.6 Å². The van der Waals surface area contributed by atoms with Crippen LogP contribution in [-0.4, -0.2) is 56.1 Å². The first-order chi connectivity index (χ1) is 18.4. The third-order valence-corrected chi connectivity index (χ3v) is 10.1. The molecule has 14 heteroatoms. The molecule has 2 aliphatic heterocycles. The van der Waals surface area contributed by atoms with Crippen molar-refractivity contribution in [2.75, 3.05) is 0 Å². The lowest BCUT2D eigenvalue weighted by molar-refractivity contribution is -0.138. The highest BCUT2D eigenvalue weighted by Gasteiger charge is 2.54. The summed E-state index contributed by atoms with van der Waals surface area (Å²) in [6.45, 7) is 15.6. The van der Waals surface area contributed by atoms with Crippen LogP contribution < -0.4 is 10.9 Å². The van der Waals surface area contributed by atoms with Gasteiger partial charge in [-0.25, -0.2) is 13.2 Å². The molecule has 0 spiro atoms. The van der Waals surface area contributed by atoms with Gasteiger partial charge in [-0.15, -0.1) is 0 Å². The van der Waals surface area contributed by atoms with Crippen LogP contribution in [0.5, 0.6) is 0 Å². The molecule has 8 nitrogen and oxygen atoms in total. The number of carboxylic acids is 1. The Morgan fingerprint density at radius 2 is 1.17 bits per heavy atom. The number of alkyl halides is 3. The second-order valence-electron chi connectivity index (χ2n) is 12.5. The highest BCUT2D eigenvalue weighted by atomic mass is 32.2. The highest BCUT2D eigenvalue weighted by molar-refractivity contribution is 7.91. The van der Waals surface area contributed by atoms with Crippen LogP contribution in [0.25, 0.3) is 0 Å². The first kappa shape index (κ1) is 31.6. The normalized spacial score (nSPS) is 21.4. The molecule has 0 radical (unpaired) electrons. The van der Waals surface area contributed by atoms with Crippen molar-refractivity contribution in [3.63, 3.8) is 0 Å². The summed E-state index contributed by atoms with van der Waals surface area (Å²) >= 11 is 0. The number of aryl methyl sites for hydroxylation is 1. The van der Waals surface area contributed by atoms with E-state index >= 15 is 0 Å². The number of benzene rings is 2. The predicted octanol–water partition coefficient (Wildman–Crippen LogP) is 4.14. The smallest absolute Gasteiger partial charge is 0.478 e. The summed E-state index contributed by atoms with van der Waals surface area (Å²) in [5, 5.41) is 9.87. The summed E-state index contributed by atoms with van der Waals surface area (Å²) < 4.78 is 94.7. The summed E-state index contributed by atoms with van der Waals surface area (Å²) in [6, 6.07) is 5.57. The zero-order valence-corrected chi connectivity index (χ0v) is 25.2. The van der Waals surface area contributed by atoms with Crippen LogP contribution >= 0.6 is 0 Å². The molecule has 0 atom stereocenters. The zero-order valence-electron chi connectivity index (χ0n) is 24.4. The molecular formula is C27H33B2F3O8S. The lowest BCUT2D eigenvalue weighted by Gasteiger charge is -2.32. The standard InChI is InChI=1S/C27H33B2F3O8S/c1-15-10-16(28-37-23(2,3)24(4,5)38-28)12-18(11-15)41(35,36)20-14-17(29-39-25(6,7)26(8,9)40-29)13-19(27(30,31)32)21(20)22(33)34/h10-14H,1-9H3,(H,33,34). The van der Waals surface area contributed by atoms with E-state index in [1.807, 2.05) is 27.7 Å². The van der Waals surface area contributed by atoms with Gasteiger partial charge in [0.05, 0.1) is 43.3 Å². The van der Waals surface area contributed by atoms with E-state index < -0.39 is 79.5 Å². The molecule has 1 N–H and O–H groups in total. The third-order valence-electron chi connectivity index (χ3n) is 8.37. The maximum Gasteiger partial charge on any atom is 0.494 e. The zero-order chi connectivity index (χ0) is 31.1. The molecule has 0 amide bonds. The maximum atomic E-state index is 14.3. The van der Waals surface area contributed by atoms with Gasteiger partial charge in [-0.2, -0.15) is 13.2 Å². The second-order valence-corrected chi connectivity index (χ2v) is 14.4. The number of rotatable bonds is 5. The molecule has 2 aromatic carbocycles. The minimum Gasteiger partial charge on any atom is -0.478 e. The van der Waals surface area contributed by atoms with Gasteiger partial charge in [0.25, 0.3) is 0 Å². The average Bonchev–Trinajstić information content (AvgIpc) is 3.16. The molecule has 2 aromatic rings. The number of carbonyl (C=O) groups is 1. The summed E-state index contributed by atoms with van der Waals surface area (Å²) in [5.41, 5.74) is -5.91. The Hall–Kier alpha value is -2.38. The molecule has 2 saturated heterocycles. The van der Waals surface area contributed by atoms with Gasteiger partial charge in [0, 0.05) is 0 Å². The molecule has 41 heavy (non-hydrogen) atoms. The number of hydrogen-bond donors (Lipinski definition) is 1. The SMILES string of the molecule is Cc1cc(B2OC(C)(C)C(C)(C)O2)cc(S(=O)(=O)c2cc(B3OC(C)(C)C(C)(C)O3)cc(C(F)(F)F)c2C(=O)O)c1. The molecule has 0 bridgehead atoms. The Morgan fingerprint density at radius 3 is 1.56 bits per heavy atom. The number of hydrogen-bond acceptors (Lipinski definition) is 7. The van der Waals surface area contributed by atoms with Gasteiger partial charge in [0.15, 0.2) is 0 Å². The van der Waals surface area contributed by atoms with Crippen molar-refractivity contribution in [2.24, 2.45) is 0 Å². The van der Waals surface area contributed by atoms with Crippen molar-refractivity contribution >= 4 is 41.0 Å². The van der Waals surface area contributed by atoms with Gasteiger partial charge in [0.2, 0.25) is 9.84 Å². The Bertz CT molecular complexity index is 1490. The quantitative estimate of drug-likeness (QED) is 0.514. The molecular weight excluding hydrogens is 563 g/mol. The van der Waals surface area contributed by atoms with E-state index in [0.717, 1.165) is 6.07 Å².